The smallest absolute Gasteiger partial charge is 0.0468 e. The van der Waals surface area contributed by atoms with E-state index in [2.05, 4.69) is 169 Å². The van der Waals surface area contributed by atoms with Gasteiger partial charge in [-0.15, -0.1) is 11.3 Å². The molecule has 206 valence electrons. The van der Waals surface area contributed by atoms with Crippen molar-refractivity contribution in [1.82, 2.24) is 0 Å². The minimum atomic E-state index is 1.13. The number of hydrogen-bond donors (Lipinski definition) is 0. The van der Waals surface area contributed by atoms with Crippen molar-refractivity contribution in [2.24, 2.45) is 0 Å². The maximum atomic E-state index is 2.39. The lowest BCUT2D eigenvalue weighted by molar-refractivity contribution is 1.30. The standard InChI is InChI=1S/C42H27NS/c1-2-10-31-24-35(21-16-28(31)8-1)43(34-19-17-30(18-20-34)38-15-7-13-29-9-5-6-14-37(29)38)36-22-23-41-40(27-36)39-25-32-11-3-4-12-33(32)26-42(39)44-41/h1-27H. The van der Waals surface area contributed by atoms with Crippen molar-refractivity contribution in [3.8, 4) is 11.1 Å². The van der Waals surface area contributed by atoms with Gasteiger partial charge in [-0.3, -0.25) is 0 Å². The third-order valence-electron chi connectivity index (χ3n) is 8.80. The SMILES string of the molecule is c1ccc2cc(N(c3ccc(-c4cccc5ccccc45)cc3)c3ccc4sc5cc6ccccc6cc5c4c3)ccc2c1. The summed E-state index contributed by atoms with van der Waals surface area (Å²) >= 11 is 1.87. The lowest BCUT2D eigenvalue weighted by Gasteiger charge is -2.26. The van der Waals surface area contributed by atoms with E-state index < -0.39 is 0 Å². The van der Waals surface area contributed by atoms with Gasteiger partial charge in [0.25, 0.3) is 0 Å². The first-order chi connectivity index (χ1) is 21.8. The van der Waals surface area contributed by atoms with Crippen LogP contribution in [0.4, 0.5) is 17.1 Å². The maximum Gasteiger partial charge on any atom is 0.0468 e. The molecule has 0 bridgehead atoms. The van der Waals surface area contributed by atoms with Crippen LogP contribution in [-0.4, -0.2) is 0 Å². The van der Waals surface area contributed by atoms with Crippen LogP contribution in [0.15, 0.2) is 164 Å². The zero-order chi connectivity index (χ0) is 29.0. The largest absolute Gasteiger partial charge is 0.310 e. The van der Waals surface area contributed by atoms with Gasteiger partial charge in [-0.1, -0.05) is 109 Å². The first-order valence-electron chi connectivity index (χ1n) is 15.0. The van der Waals surface area contributed by atoms with Gasteiger partial charge in [-0.25, -0.2) is 0 Å². The van der Waals surface area contributed by atoms with Crippen LogP contribution in [0.3, 0.4) is 0 Å². The summed E-state index contributed by atoms with van der Waals surface area (Å²) in [5.74, 6) is 0. The highest BCUT2D eigenvalue weighted by molar-refractivity contribution is 7.25. The molecule has 9 rings (SSSR count). The second-order valence-electron chi connectivity index (χ2n) is 11.4. The Hall–Kier alpha value is -5.44. The topological polar surface area (TPSA) is 3.24 Å². The zero-order valence-corrected chi connectivity index (χ0v) is 24.8. The number of thiophene rings is 1. The Balaban J connectivity index is 1.22. The predicted molar refractivity (Wildman–Crippen MR) is 192 cm³/mol. The highest BCUT2D eigenvalue weighted by atomic mass is 32.1. The van der Waals surface area contributed by atoms with Gasteiger partial charge in [0.1, 0.15) is 0 Å². The summed E-state index contributed by atoms with van der Waals surface area (Å²) in [6, 6.07) is 59.8. The summed E-state index contributed by atoms with van der Waals surface area (Å²) in [5, 5.41) is 10.2. The van der Waals surface area contributed by atoms with Crippen LogP contribution in [0.25, 0.3) is 63.6 Å². The van der Waals surface area contributed by atoms with E-state index >= 15 is 0 Å². The number of rotatable bonds is 4. The highest BCUT2D eigenvalue weighted by Gasteiger charge is 2.16. The van der Waals surface area contributed by atoms with E-state index in [1.807, 2.05) is 11.3 Å². The van der Waals surface area contributed by atoms with Gasteiger partial charge in [-0.05, 0) is 98.0 Å². The van der Waals surface area contributed by atoms with Crippen molar-refractivity contribution < 1.29 is 0 Å². The Labute approximate surface area is 259 Å². The summed E-state index contributed by atoms with van der Waals surface area (Å²) < 4.78 is 2.64. The molecular weight excluding hydrogens is 551 g/mol. The van der Waals surface area contributed by atoms with Crippen molar-refractivity contribution in [3.05, 3.63) is 164 Å². The molecule has 44 heavy (non-hydrogen) atoms. The summed E-state index contributed by atoms with van der Waals surface area (Å²) in [5.41, 5.74) is 5.90. The third kappa shape index (κ3) is 4.15. The van der Waals surface area contributed by atoms with Gasteiger partial charge in [-0.2, -0.15) is 0 Å². The average Bonchev–Trinajstić information content (AvgIpc) is 3.44. The van der Waals surface area contributed by atoms with Crippen LogP contribution in [0.1, 0.15) is 0 Å². The van der Waals surface area contributed by atoms with Gasteiger partial charge in [0.05, 0.1) is 0 Å². The molecule has 0 fully saturated rings. The molecule has 0 atom stereocenters. The maximum absolute atomic E-state index is 2.39. The van der Waals surface area contributed by atoms with Crippen molar-refractivity contribution in [2.45, 2.75) is 0 Å². The number of benzene rings is 8. The van der Waals surface area contributed by atoms with Gasteiger partial charge >= 0.3 is 0 Å². The molecular formula is C42H27NS. The molecule has 1 heterocycles. The van der Waals surface area contributed by atoms with E-state index in [9.17, 15) is 0 Å². The van der Waals surface area contributed by atoms with Crippen molar-refractivity contribution in [1.29, 1.82) is 0 Å². The van der Waals surface area contributed by atoms with Crippen molar-refractivity contribution >= 4 is 80.9 Å². The second kappa shape index (κ2) is 10.1. The van der Waals surface area contributed by atoms with Gasteiger partial charge in [0, 0.05) is 37.2 Å². The van der Waals surface area contributed by atoms with E-state index in [1.165, 1.54) is 63.6 Å². The molecule has 0 aliphatic carbocycles. The number of fused-ring (bicyclic) bond motifs is 6. The summed E-state index contributed by atoms with van der Waals surface area (Å²) in [6.07, 6.45) is 0. The predicted octanol–water partition coefficient (Wildman–Crippen LogP) is 12.7. The molecule has 0 N–H and O–H groups in total. The Kier molecular flexibility index (Phi) is 5.75. The molecule has 0 radical (unpaired) electrons. The zero-order valence-electron chi connectivity index (χ0n) is 23.9. The fourth-order valence-corrected chi connectivity index (χ4v) is 7.74. The minimum Gasteiger partial charge on any atom is -0.310 e. The van der Waals surface area contributed by atoms with E-state index in [1.54, 1.807) is 0 Å². The fourth-order valence-electron chi connectivity index (χ4n) is 6.62. The monoisotopic (exact) mass is 577 g/mol. The molecule has 0 amide bonds. The van der Waals surface area contributed by atoms with E-state index in [0.29, 0.717) is 0 Å². The van der Waals surface area contributed by atoms with Crippen molar-refractivity contribution in [2.75, 3.05) is 4.90 Å². The van der Waals surface area contributed by atoms with E-state index in [0.717, 1.165) is 17.1 Å². The molecule has 0 saturated heterocycles. The third-order valence-corrected chi connectivity index (χ3v) is 9.93. The van der Waals surface area contributed by atoms with Gasteiger partial charge < -0.3 is 4.90 Å². The van der Waals surface area contributed by atoms with Crippen LogP contribution in [-0.2, 0) is 0 Å². The van der Waals surface area contributed by atoms with Crippen LogP contribution >= 0.6 is 11.3 Å². The fraction of sp³-hybridized carbons (Fsp3) is 0. The minimum absolute atomic E-state index is 1.13. The molecule has 0 saturated carbocycles. The van der Waals surface area contributed by atoms with Crippen LogP contribution in [0.5, 0.6) is 0 Å². The Morgan fingerprint density at radius 3 is 1.75 bits per heavy atom. The van der Waals surface area contributed by atoms with Crippen molar-refractivity contribution in [3.63, 3.8) is 0 Å². The quantitative estimate of drug-likeness (QED) is 0.201. The molecule has 0 spiro atoms. The first kappa shape index (κ1) is 25.1. The van der Waals surface area contributed by atoms with E-state index in [4.69, 9.17) is 0 Å². The highest BCUT2D eigenvalue weighted by Crippen LogP contribution is 2.42. The van der Waals surface area contributed by atoms with Crippen LogP contribution in [0.2, 0.25) is 0 Å². The molecule has 9 aromatic rings. The number of hydrogen-bond acceptors (Lipinski definition) is 2. The first-order valence-corrected chi connectivity index (χ1v) is 15.8. The number of anilines is 3. The van der Waals surface area contributed by atoms with Crippen LogP contribution < -0.4 is 4.90 Å². The molecule has 0 unspecified atom stereocenters. The van der Waals surface area contributed by atoms with Gasteiger partial charge in [0.15, 0.2) is 0 Å². The molecule has 2 heteroatoms. The Bertz CT molecular complexity index is 2500. The van der Waals surface area contributed by atoms with E-state index in [-0.39, 0.29) is 0 Å². The second-order valence-corrected chi connectivity index (χ2v) is 12.5. The molecule has 0 aliphatic heterocycles. The summed E-state index contributed by atoms with van der Waals surface area (Å²) in [6.45, 7) is 0. The lowest BCUT2D eigenvalue weighted by Crippen LogP contribution is -2.09. The average molecular weight is 578 g/mol. The molecule has 8 aromatic carbocycles. The van der Waals surface area contributed by atoms with Crippen LogP contribution in [0, 0.1) is 0 Å². The molecule has 1 nitrogen and oxygen atoms in total. The molecule has 0 aliphatic rings. The summed E-state index contributed by atoms with van der Waals surface area (Å²) in [7, 11) is 0. The number of nitrogens with zero attached hydrogens (tertiary/aromatic N) is 1. The lowest BCUT2D eigenvalue weighted by atomic mass is 9.98. The molecule has 1 aromatic heterocycles. The summed E-state index contributed by atoms with van der Waals surface area (Å²) in [4.78, 5) is 2.39. The Morgan fingerprint density at radius 1 is 0.341 bits per heavy atom. The van der Waals surface area contributed by atoms with Gasteiger partial charge in [0.2, 0.25) is 0 Å². The normalized spacial score (nSPS) is 11.6. The Morgan fingerprint density at radius 2 is 0.932 bits per heavy atom.